The van der Waals surface area contributed by atoms with Gasteiger partial charge in [-0.3, -0.25) is 0 Å². The molecule has 0 aromatic rings. The van der Waals surface area contributed by atoms with Crippen LogP contribution in [0.15, 0.2) is 11.6 Å². The molecule has 7 atom stereocenters. The number of hydrogen-bond acceptors (Lipinski definition) is 2. The summed E-state index contributed by atoms with van der Waals surface area (Å²) >= 11 is 0. The van der Waals surface area contributed by atoms with Crippen LogP contribution >= 0.6 is 0 Å². The first-order chi connectivity index (χ1) is 13.4. The third-order valence-electron chi connectivity index (χ3n) is 10.7. The number of fused-ring (bicyclic) bond motifs is 5. The van der Waals surface area contributed by atoms with Crippen molar-refractivity contribution >= 4 is 8.32 Å². The van der Waals surface area contributed by atoms with Crippen LogP contribution in [0.25, 0.3) is 0 Å². The molecular weight excluding hydrogens is 372 g/mol. The number of rotatable bonds is 3. The minimum atomic E-state index is -1.70. The van der Waals surface area contributed by atoms with E-state index >= 15 is 0 Å². The number of allylic oxidation sites excluding steroid dienone is 1. The monoisotopic (exact) mass is 418 g/mol. The maximum atomic E-state index is 9.96. The minimum absolute atomic E-state index is 0.291. The molecule has 0 bridgehead atoms. The Morgan fingerprint density at radius 2 is 1.79 bits per heavy atom. The molecule has 3 heteroatoms. The minimum Gasteiger partial charge on any atom is -0.414 e. The number of aliphatic hydroxyl groups excluding tert-OH is 1. The van der Waals surface area contributed by atoms with Crippen molar-refractivity contribution in [3.8, 4) is 0 Å². The Morgan fingerprint density at radius 1 is 1.07 bits per heavy atom. The van der Waals surface area contributed by atoms with Gasteiger partial charge >= 0.3 is 0 Å². The Labute approximate surface area is 181 Å². The van der Waals surface area contributed by atoms with Gasteiger partial charge in [-0.15, -0.1) is 0 Å². The molecule has 4 aliphatic rings. The molecule has 0 aromatic carbocycles. The van der Waals surface area contributed by atoms with Crippen LogP contribution in [0.3, 0.4) is 0 Å². The second-order valence-electron chi connectivity index (χ2n) is 13.0. The van der Waals surface area contributed by atoms with Gasteiger partial charge in [-0.05, 0) is 104 Å². The van der Waals surface area contributed by atoms with Gasteiger partial charge in [0, 0.05) is 12.7 Å². The largest absolute Gasteiger partial charge is 0.414 e. The van der Waals surface area contributed by atoms with Crippen LogP contribution < -0.4 is 0 Å². The fourth-order valence-corrected chi connectivity index (χ4v) is 9.12. The van der Waals surface area contributed by atoms with Crippen LogP contribution in [-0.4, -0.2) is 26.1 Å². The summed E-state index contributed by atoms with van der Waals surface area (Å²) in [5.41, 5.74) is 2.52. The lowest BCUT2D eigenvalue weighted by Crippen LogP contribution is -2.52. The van der Waals surface area contributed by atoms with Gasteiger partial charge in [-0.2, -0.15) is 0 Å². The Hall–Kier alpha value is -0.123. The van der Waals surface area contributed by atoms with Crippen molar-refractivity contribution in [2.24, 2.45) is 34.5 Å². The molecule has 0 aliphatic heterocycles. The van der Waals surface area contributed by atoms with Gasteiger partial charge in [0.25, 0.3) is 0 Å². The van der Waals surface area contributed by atoms with Crippen molar-refractivity contribution in [2.75, 3.05) is 6.61 Å². The SMILES string of the molecule is CC(C)(C)[Si](C)(C)O[C@H]1CC[C@@]2(C)C(=CC[C@H]3[C@H]4CC[C@@H](CO)[C@@]4(C)CC[C@@H]32)C1. The predicted octanol–water partition coefficient (Wildman–Crippen LogP) is 6.95. The van der Waals surface area contributed by atoms with Crippen LogP contribution in [0.4, 0.5) is 0 Å². The van der Waals surface area contributed by atoms with Gasteiger partial charge in [0.1, 0.15) is 0 Å². The Morgan fingerprint density at radius 3 is 2.45 bits per heavy atom. The average Bonchev–Trinajstić information content (AvgIpc) is 2.97. The highest BCUT2D eigenvalue weighted by atomic mass is 28.4. The Kier molecular flexibility index (Phi) is 5.48. The third kappa shape index (κ3) is 3.42. The van der Waals surface area contributed by atoms with Crippen LogP contribution in [0, 0.1) is 34.5 Å². The van der Waals surface area contributed by atoms with Gasteiger partial charge in [0.05, 0.1) is 0 Å². The lowest BCUT2D eigenvalue weighted by Gasteiger charge is -2.58. The highest BCUT2D eigenvalue weighted by Gasteiger charge is 2.58. The van der Waals surface area contributed by atoms with E-state index in [0.717, 1.165) is 17.8 Å². The molecule has 0 heterocycles. The van der Waals surface area contributed by atoms with E-state index in [0.29, 0.717) is 34.5 Å². The molecular formula is C26H46O2Si. The highest BCUT2D eigenvalue weighted by molar-refractivity contribution is 6.74. The van der Waals surface area contributed by atoms with Crippen molar-refractivity contribution in [3.05, 3.63) is 11.6 Å². The van der Waals surface area contributed by atoms with Gasteiger partial charge in [0.2, 0.25) is 0 Å². The van der Waals surface area contributed by atoms with E-state index in [4.69, 9.17) is 4.43 Å². The van der Waals surface area contributed by atoms with E-state index in [2.05, 4.69) is 53.8 Å². The lowest BCUT2D eigenvalue weighted by molar-refractivity contribution is -0.0554. The molecule has 0 amide bonds. The van der Waals surface area contributed by atoms with Gasteiger partial charge in [0.15, 0.2) is 8.32 Å². The second-order valence-corrected chi connectivity index (χ2v) is 17.8. The molecule has 0 radical (unpaired) electrons. The van der Waals surface area contributed by atoms with Crippen LogP contribution in [0.1, 0.15) is 86.0 Å². The first-order valence-electron chi connectivity index (χ1n) is 12.4. The topological polar surface area (TPSA) is 29.5 Å². The van der Waals surface area contributed by atoms with E-state index in [1.165, 1.54) is 51.4 Å². The van der Waals surface area contributed by atoms with Crippen molar-refractivity contribution < 1.29 is 9.53 Å². The summed E-state index contributed by atoms with van der Waals surface area (Å²) in [5, 5.41) is 10.3. The summed E-state index contributed by atoms with van der Waals surface area (Å²) in [6, 6.07) is 0. The summed E-state index contributed by atoms with van der Waals surface area (Å²) in [6.07, 6.45) is 13.4. The van der Waals surface area contributed by atoms with Gasteiger partial charge in [-0.1, -0.05) is 46.3 Å². The highest BCUT2D eigenvalue weighted by Crippen LogP contribution is 2.66. The van der Waals surface area contributed by atoms with Crippen LogP contribution in [0.2, 0.25) is 18.1 Å². The van der Waals surface area contributed by atoms with E-state index in [1.54, 1.807) is 5.57 Å². The second kappa shape index (κ2) is 7.20. The molecule has 0 unspecified atom stereocenters. The maximum Gasteiger partial charge on any atom is 0.192 e. The fourth-order valence-electron chi connectivity index (χ4n) is 7.73. The third-order valence-corrected chi connectivity index (χ3v) is 15.3. The van der Waals surface area contributed by atoms with Crippen molar-refractivity contribution in [1.29, 1.82) is 0 Å². The average molecular weight is 419 g/mol. The normalized spacial score (nSPS) is 45.2. The predicted molar refractivity (Wildman–Crippen MR) is 124 cm³/mol. The molecule has 2 nitrogen and oxygen atoms in total. The Bertz CT molecular complexity index is 662. The summed E-state index contributed by atoms with van der Waals surface area (Å²) in [5.74, 6) is 3.07. The quantitative estimate of drug-likeness (QED) is 0.397. The Balaban J connectivity index is 1.52. The lowest BCUT2D eigenvalue weighted by atomic mass is 9.47. The molecule has 3 saturated carbocycles. The zero-order valence-electron chi connectivity index (χ0n) is 20.2. The zero-order chi connectivity index (χ0) is 21.2. The standard InChI is InChI=1S/C26H46O2Si/c1-24(2,3)29(6,7)28-20-12-14-25(4)18(16-20)8-10-21-22-11-9-19(17-27)26(22,5)15-13-23(21)25/h8,19-23,27H,9-17H2,1-7H3/t19-,20-,21-,22+,23-,25-,26+/m0/s1. The molecule has 1 N–H and O–H groups in total. The van der Waals surface area contributed by atoms with E-state index in [-0.39, 0.29) is 0 Å². The summed E-state index contributed by atoms with van der Waals surface area (Å²) < 4.78 is 6.86. The molecule has 0 aromatic heterocycles. The molecule has 4 aliphatic carbocycles. The summed E-state index contributed by atoms with van der Waals surface area (Å²) in [6.45, 7) is 17.4. The molecule has 4 rings (SSSR count). The number of hydrogen-bond donors (Lipinski definition) is 1. The summed E-state index contributed by atoms with van der Waals surface area (Å²) in [7, 11) is -1.70. The van der Waals surface area contributed by atoms with Crippen molar-refractivity contribution in [1.82, 2.24) is 0 Å². The van der Waals surface area contributed by atoms with E-state index < -0.39 is 8.32 Å². The van der Waals surface area contributed by atoms with Crippen molar-refractivity contribution in [2.45, 2.75) is 110 Å². The zero-order valence-corrected chi connectivity index (χ0v) is 21.2. The smallest absolute Gasteiger partial charge is 0.192 e. The van der Waals surface area contributed by atoms with Crippen LogP contribution in [0.5, 0.6) is 0 Å². The number of aliphatic hydroxyl groups is 1. The fraction of sp³-hybridized carbons (Fsp3) is 0.923. The van der Waals surface area contributed by atoms with E-state index in [1.807, 2.05) is 0 Å². The van der Waals surface area contributed by atoms with Gasteiger partial charge in [-0.25, -0.2) is 0 Å². The maximum absolute atomic E-state index is 9.96. The molecule has 166 valence electrons. The molecule has 0 spiro atoms. The molecule has 3 fully saturated rings. The van der Waals surface area contributed by atoms with Gasteiger partial charge < -0.3 is 9.53 Å². The van der Waals surface area contributed by atoms with E-state index in [9.17, 15) is 5.11 Å². The molecule has 29 heavy (non-hydrogen) atoms. The first kappa shape index (κ1) is 22.1. The summed E-state index contributed by atoms with van der Waals surface area (Å²) in [4.78, 5) is 0. The first-order valence-corrected chi connectivity index (χ1v) is 15.3. The molecule has 0 saturated heterocycles. The van der Waals surface area contributed by atoms with Crippen LogP contribution in [-0.2, 0) is 4.43 Å². The van der Waals surface area contributed by atoms with Crippen molar-refractivity contribution in [3.63, 3.8) is 0 Å².